The monoisotopic (exact) mass is 1120 g/mol. The van der Waals surface area contributed by atoms with Crippen LogP contribution >= 0.6 is 0 Å². The number of hydrogen-bond acceptors (Lipinski definition) is 27. The number of ether oxygens (including phenoxy) is 15. The second-order valence-corrected chi connectivity index (χ2v) is 16.8. The van der Waals surface area contributed by atoms with E-state index in [0.717, 1.165) is 48.5 Å². The van der Waals surface area contributed by atoms with Crippen LogP contribution in [0.15, 0.2) is 18.2 Å². The maximum Gasteiger partial charge on any atom is 0.303 e. The molecular formula is C48H70N4O26. The van der Waals surface area contributed by atoms with Crippen LogP contribution in [-0.4, -0.2) is 225 Å². The van der Waals surface area contributed by atoms with Gasteiger partial charge < -0.3 is 97.8 Å². The van der Waals surface area contributed by atoms with E-state index in [2.05, 4.69) is 16.0 Å². The van der Waals surface area contributed by atoms with Gasteiger partial charge in [0.05, 0.1) is 72.6 Å². The zero-order valence-electron chi connectivity index (χ0n) is 44.3. The van der Waals surface area contributed by atoms with Gasteiger partial charge in [0.2, 0.25) is 5.91 Å². The lowest BCUT2D eigenvalue weighted by Gasteiger charge is -2.44. The van der Waals surface area contributed by atoms with Gasteiger partial charge in [-0.15, -0.1) is 0 Å². The molecule has 10 atom stereocenters. The van der Waals surface area contributed by atoms with Gasteiger partial charge in [-0.3, -0.25) is 47.9 Å². The third-order valence-corrected chi connectivity index (χ3v) is 10.4. The third kappa shape index (κ3) is 24.5. The van der Waals surface area contributed by atoms with Crippen molar-refractivity contribution in [2.75, 3.05) is 104 Å². The first-order valence-electron chi connectivity index (χ1n) is 24.5. The molecule has 0 aromatic heterocycles. The minimum absolute atomic E-state index is 0.00670. The van der Waals surface area contributed by atoms with Crippen LogP contribution in [0.3, 0.4) is 0 Å². The van der Waals surface area contributed by atoms with Crippen molar-refractivity contribution in [3.63, 3.8) is 0 Å². The topological polar surface area (TPSA) is 391 Å². The zero-order valence-corrected chi connectivity index (χ0v) is 44.3. The van der Waals surface area contributed by atoms with Crippen LogP contribution < -0.4 is 21.7 Å². The number of nitrogens with one attached hydrogen (secondary N) is 3. The highest BCUT2D eigenvalue weighted by atomic mass is 16.7. The molecule has 6 N–H and O–H groups in total. The minimum atomic E-state index is -1.53. The summed E-state index contributed by atoms with van der Waals surface area (Å²) >= 11 is 0. The van der Waals surface area contributed by atoms with Gasteiger partial charge in [-0.1, -0.05) is 0 Å². The summed E-state index contributed by atoms with van der Waals surface area (Å²) in [6.45, 7) is 6.84. The first-order chi connectivity index (χ1) is 37.1. The van der Waals surface area contributed by atoms with Gasteiger partial charge in [-0.2, -0.15) is 0 Å². The van der Waals surface area contributed by atoms with Gasteiger partial charge in [-0.05, 0) is 18.2 Å². The fourth-order valence-corrected chi connectivity index (χ4v) is 7.27. The summed E-state index contributed by atoms with van der Waals surface area (Å²) < 4.78 is 81.8. The Kier molecular flexibility index (Phi) is 29.6. The van der Waals surface area contributed by atoms with Crippen molar-refractivity contribution < 1.29 is 124 Å². The predicted octanol–water partition coefficient (Wildman–Crippen LogP) is -2.26. The summed E-state index contributed by atoms with van der Waals surface area (Å²) in [5.41, 5.74) is 5.66. The lowest BCUT2D eigenvalue weighted by atomic mass is 9.98. The molecule has 438 valence electrons. The van der Waals surface area contributed by atoms with E-state index >= 15 is 0 Å². The molecule has 3 amide bonds. The molecule has 1 aromatic rings. The number of hydrogen-bond donors (Lipinski definition) is 5. The smallest absolute Gasteiger partial charge is 0.303 e. The van der Waals surface area contributed by atoms with Crippen molar-refractivity contribution in [1.82, 2.24) is 10.6 Å². The van der Waals surface area contributed by atoms with Crippen molar-refractivity contribution in [1.29, 1.82) is 0 Å². The lowest BCUT2D eigenvalue weighted by molar-refractivity contribution is -0.309. The summed E-state index contributed by atoms with van der Waals surface area (Å²) in [5, 5.41) is 18.6. The molecule has 0 spiro atoms. The normalized spacial score (nSPS) is 22.6. The number of carbonyl (C=O) groups excluding carboxylic acids is 10. The van der Waals surface area contributed by atoms with Crippen LogP contribution in [-0.2, 0) is 109 Å². The fraction of sp³-hybridized carbons (Fsp3) is 0.667. The Hall–Kier alpha value is -6.48. The molecule has 2 heterocycles. The molecule has 30 heteroatoms. The van der Waals surface area contributed by atoms with Crippen LogP contribution in [0.2, 0.25) is 0 Å². The molecule has 2 fully saturated rings. The van der Waals surface area contributed by atoms with Crippen LogP contribution in [0.5, 0.6) is 0 Å². The average Bonchev–Trinajstić information content (AvgIpc) is 3.36. The van der Waals surface area contributed by atoms with Crippen molar-refractivity contribution in [2.45, 2.75) is 110 Å². The van der Waals surface area contributed by atoms with E-state index in [9.17, 15) is 53.1 Å². The second-order valence-electron chi connectivity index (χ2n) is 16.8. The zero-order chi connectivity index (χ0) is 57.7. The number of aliphatic hydroxyl groups excluding tert-OH is 1. The molecule has 3 rings (SSSR count). The Morgan fingerprint density at radius 1 is 0.474 bits per heavy atom. The van der Waals surface area contributed by atoms with Gasteiger partial charge in [0, 0.05) is 78.4 Å². The second kappa shape index (κ2) is 35.1. The molecule has 0 radical (unpaired) electrons. The Labute approximate surface area is 448 Å². The number of amides is 3. The lowest BCUT2D eigenvalue weighted by Crippen LogP contribution is -2.63. The molecule has 0 bridgehead atoms. The van der Waals surface area contributed by atoms with E-state index in [1.807, 2.05) is 0 Å². The Balaban J connectivity index is 1.41. The van der Waals surface area contributed by atoms with Crippen molar-refractivity contribution in [3.8, 4) is 0 Å². The van der Waals surface area contributed by atoms with Crippen LogP contribution in [0, 0.1) is 0 Å². The number of carbonyl (C=O) groups is 10. The quantitative estimate of drug-likeness (QED) is 0.0282. The molecule has 0 aliphatic carbocycles. The molecule has 78 heavy (non-hydrogen) atoms. The summed E-state index contributed by atoms with van der Waals surface area (Å²) in [4.78, 5) is 121. The van der Waals surface area contributed by atoms with Gasteiger partial charge in [0.25, 0.3) is 11.8 Å². The minimum Gasteiger partial charge on any atom is -0.463 e. The number of esters is 7. The van der Waals surface area contributed by atoms with E-state index in [1.54, 1.807) is 0 Å². The maximum absolute atomic E-state index is 13.2. The van der Waals surface area contributed by atoms with Gasteiger partial charge in [0.15, 0.2) is 43.1 Å². The molecule has 30 nitrogen and oxygen atoms in total. The van der Waals surface area contributed by atoms with Crippen LogP contribution in [0.4, 0.5) is 5.69 Å². The first-order valence-corrected chi connectivity index (χ1v) is 24.5. The number of anilines is 1. The third-order valence-electron chi connectivity index (χ3n) is 10.4. The number of aliphatic hydroxyl groups is 1. The number of benzene rings is 1. The average molecular weight is 1120 g/mol. The van der Waals surface area contributed by atoms with Crippen LogP contribution in [0.25, 0.3) is 0 Å². The Bertz CT molecular complexity index is 2160. The van der Waals surface area contributed by atoms with Gasteiger partial charge in [0.1, 0.15) is 31.5 Å². The molecule has 0 unspecified atom stereocenters. The molecule has 1 aromatic carbocycles. The SMILES string of the molecule is CC(=O)OC[C@H]1O[C@H](OCCOCCOCCNC(=O)c2cc(NC(=O)CN)cc(C(=O)NCCOCCOCCO[C@H]3O[C@H](COC(C)=O)[C@@H](OC(C)=O)[C@H](OC(C)=O)[C@@H]3OC(C)=O)c2)[C@@H](OC(C)=O)[C@@H](OC(C)=O)[C@@H]1O. The molecule has 2 saturated heterocycles. The highest BCUT2D eigenvalue weighted by molar-refractivity contribution is 6.03. The Morgan fingerprint density at radius 2 is 0.846 bits per heavy atom. The summed E-state index contributed by atoms with van der Waals surface area (Å²) in [6.07, 6.45) is -13.5. The highest BCUT2D eigenvalue weighted by Crippen LogP contribution is 2.31. The highest BCUT2D eigenvalue weighted by Gasteiger charge is 2.53. The molecule has 2 aliphatic heterocycles. The van der Waals surface area contributed by atoms with Crippen molar-refractivity contribution >= 4 is 65.2 Å². The Morgan fingerprint density at radius 3 is 1.28 bits per heavy atom. The maximum atomic E-state index is 13.2. The standard InChI is InChI=1S/C48H70N4O26/c1-26(53)70-24-36-39(61)41(73-29(4)56)43(75-31(6)58)47(77-36)68-18-16-66-14-12-64-10-8-50-45(62)33-20-34(22-35(21-33)52-38(60)23-49)46(63)51-9-11-65-13-15-67-17-19-69-48-44(76-32(7)59)42(74-30(5)57)40(72-28(3)55)37(78-48)25-71-27(2)54/h20-22,36-37,39-44,47-48,61H,8-19,23-25,49H2,1-7H3,(H,50,62)(H,51,63)(H,52,60)/t36-,37-,39-,40-,41+,42+,43+,44+,47+,48+/m1/s1. The van der Waals surface area contributed by atoms with E-state index in [1.165, 1.54) is 18.2 Å². The molecule has 2 aliphatic rings. The van der Waals surface area contributed by atoms with E-state index in [4.69, 9.17) is 76.8 Å². The van der Waals surface area contributed by atoms with Crippen LogP contribution in [0.1, 0.15) is 69.2 Å². The van der Waals surface area contributed by atoms with Gasteiger partial charge in [-0.25, -0.2) is 0 Å². The van der Waals surface area contributed by atoms with E-state index < -0.39 is 134 Å². The fourth-order valence-electron chi connectivity index (χ4n) is 7.27. The number of nitrogens with two attached hydrogens (primary N) is 1. The summed E-state index contributed by atoms with van der Waals surface area (Å²) in [7, 11) is 0. The van der Waals surface area contributed by atoms with E-state index in [0.29, 0.717) is 0 Å². The number of rotatable bonds is 33. The van der Waals surface area contributed by atoms with Crippen molar-refractivity contribution in [3.05, 3.63) is 29.3 Å². The summed E-state index contributed by atoms with van der Waals surface area (Å²) in [6, 6.07) is 4.04. The molecule has 0 saturated carbocycles. The largest absolute Gasteiger partial charge is 0.463 e. The van der Waals surface area contributed by atoms with E-state index in [-0.39, 0.29) is 103 Å². The summed E-state index contributed by atoms with van der Waals surface area (Å²) in [5.74, 6) is -6.99. The van der Waals surface area contributed by atoms with Crippen molar-refractivity contribution in [2.24, 2.45) is 5.73 Å². The molecular weight excluding hydrogens is 1050 g/mol. The van der Waals surface area contributed by atoms with Gasteiger partial charge >= 0.3 is 41.8 Å². The predicted molar refractivity (Wildman–Crippen MR) is 258 cm³/mol. The first kappa shape index (κ1) is 65.8.